The molecule has 0 aromatic heterocycles. The number of carbonyl (C=O) groups is 1. The van der Waals surface area contributed by atoms with E-state index in [0.717, 1.165) is 24.5 Å². The lowest BCUT2D eigenvalue weighted by Gasteiger charge is -2.17. The van der Waals surface area contributed by atoms with Crippen LogP contribution in [0, 0.1) is 5.41 Å². The smallest absolute Gasteiger partial charge is 0.163 e. The SMILES string of the molecule is CC(C)(C)CC(=O)c1ccc(OCCN2CCCC2)cc1. The van der Waals surface area contributed by atoms with Crippen molar-refractivity contribution >= 4 is 5.78 Å². The first-order valence-electron chi connectivity index (χ1n) is 7.92. The van der Waals surface area contributed by atoms with E-state index in [2.05, 4.69) is 25.7 Å². The second-order valence-corrected chi connectivity index (χ2v) is 7.08. The molecule has 0 bridgehead atoms. The van der Waals surface area contributed by atoms with E-state index >= 15 is 0 Å². The van der Waals surface area contributed by atoms with Crippen LogP contribution in [0.4, 0.5) is 0 Å². The zero-order valence-electron chi connectivity index (χ0n) is 13.5. The molecule has 1 aliphatic rings. The normalized spacial score (nSPS) is 16.1. The van der Waals surface area contributed by atoms with Crippen molar-refractivity contribution in [1.29, 1.82) is 0 Å². The highest BCUT2D eigenvalue weighted by molar-refractivity contribution is 5.96. The Balaban J connectivity index is 1.79. The van der Waals surface area contributed by atoms with Crippen LogP contribution in [0.2, 0.25) is 0 Å². The van der Waals surface area contributed by atoms with Crippen molar-refractivity contribution in [2.45, 2.75) is 40.0 Å². The van der Waals surface area contributed by atoms with Crippen LogP contribution in [-0.4, -0.2) is 36.9 Å². The lowest BCUT2D eigenvalue weighted by atomic mass is 9.88. The summed E-state index contributed by atoms with van der Waals surface area (Å²) >= 11 is 0. The van der Waals surface area contributed by atoms with E-state index in [1.54, 1.807) is 0 Å². The fourth-order valence-electron chi connectivity index (χ4n) is 2.62. The molecule has 1 aromatic rings. The van der Waals surface area contributed by atoms with Gasteiger partial charge in [0.25, 0.3) is 0 Å². The summed E-state index contributed by atoms with van der Waals surface area (Å²) in [5.41, 5.74) is 0.805. The molecule has 2 rings (SSSR count). The van der Waals surface area contributed by atoms with Gasteiger partial charge in [-0.3, -0.25) is 9.69 Å². The van der Waals surface area contributed by atoms with Crippen LogP contribution in [0.3, 0.4) is 0 Å². The quantitative estimate of drug-likeness (QED) is 0.746. The average Bonchev–Trinajstić information content (AvgIpc) is 2.91. The Kier molecular flexibility index (Phi) is 5.40. The molecule has 1 aliphatic heterocycles. The summed E-state index contributed by atoms with van der Waals surface area (Å²) in [4.78, 5) is 14.5. The highest BCUT2D eigenvalue weighted by Crippen LogP contribution is 2.22. The van der Waals surface area contributed by atoms with Gasteiger partial charge in [-0.25, -0.2) is 0 Å². The van der Waals surface area contributed by atoms with Crippen molar-refractivity contribution < 1.29 is 9.53 Å². The van der Waals surface area contributed by atoms with Crippen LogP contribution < -0.4 is 4.74 Å². The molecule has 1 saturated heterocycles. The van der Waals surface area contributed by atoms with Crippen LogP contribution in [-0.2, 0) is 0 Å². The van der Waals surface area contributed by atoms with Crippen molar-refractivity contribution in [3.05, 3.63) is 29.8 Å². The predicted molar refractivity (Wildman–Crippen MR) is 86.0 cm³/mol. The van der Waals surface area contributed by atoms with Gasteiger partial charge in [0.05, 0.1) is 0 Å². The summed E-state index contributed by atoms with van der Waals surface area (Å²) < 4.78 is 5.75. The molecule has 3 nitrogen and oxygen atoms in total. The van der Waals surface area contributed by atoms with Gasteiger partial charge in [-0.15, -0.1) is 0 Å². The Morgan fingerprint density at radius 2 is 1.76 bits per heavy atom. The van der Waals surface area contributed by atoms with Gasteiger partial charge in [0.2, 0.25) is 0 Å². The van der Waals surface area contributed by atoms with Crippen molar-refractivity contribution in [2.24, 2.45) is 5.41 Å². The van der Waals surface area contributed by atoms with E-state index in [0.29, 0.717) is 6.42 Å². The number of likely N-dealkylation sites (tertiary alicyclic amines) is 1. The second kappa shape index (κ2) is 7.08. The van der Waals surface area contributed by atoms with Crippen LogP contribution in [0.5, 0.6) is 5.75 Å². The zero-order valence-corrected chi connectivity index (χ0v) is 13.5. The van der Waals surface area contributed by atoms with Crippen molar-refractivity contribution in [1.82, 2.24) is 4.90 Å². The van der Waals surface area contributed by atoms with E-state index in [-0.39, 0.29) is 11.2 Å². The van der Waals surface area contributed by atoms with E-state index in [4.69, 9.17) is 4.74 Å². The molecule has 21 heavy (non-hydrogen) atoms. The number of hydrogen-bond donors (Lipinski definition) is 0. The van der Waals surface area contributed by atoms with Crippen LogP contribution in [0.1, 0.15) is 50.4 Å². The molecule has 0 amide bonds. The summed E-state index contributed by atoms with van der Waals surface area (Å²) in [6, 6.07) is 7.55. The average molecular weight is 289 g/mol. The molecule has 1 heterocycles. The second-order valence-electron chi connectivity index (χ2n) is 7.08. The molecular weight excluding hydrogens is 262 g/mol. The Morgan fingerprint density at radius 3 is 2.33 bits per heavy atom. The number of hydrogen-bond acceptors (Lipinski definition) is 3. The van der Waals surface area contributed by atoms with E-state index in [1.165, 1.54) is 25.9 Å². The Morgan fingerprint density at radius 1 is 1.14 bits per heavy atom. The number of ether oxygens (including phenoxy) is 1. The number of nitrogens with zero attached hydrogens (tertiary/aromatic N) is 1. The first kappa shape index (κ1) is 16.0. The molecule has 3 heteroatoms. The number of benzene rings is 1. The molecule has 116 valence electrons. The minimum atomic E-state index is 0.0297. The Labute approximate surface area is 128 Å². The fraction of sp³-hybridized carbons (Fsp3) is 0.611. The van der Waals surface area contributed by atoms with Gasteiger partial charge in [-0.2, -0.15) is 0 Å². The van der Waals surface area contributed by atoms with Crippen molar-refractivity contribution in [2.75, 3.05) is 26.2 Å². The van der Waals surface area contributed by atoms with Gasteiger partial charge in [0.15, 0.2) is 5.78 Å². The zero-order chi connectivity index (χ0) is 15.3. The molecule has 1 aromatic carbocycles. The molecule has 0 N–H and O–H groups in total. The maximum Gasteiger partial charge on any atom is 0.163 e. The van der Waals surface area contributed by atoms with Crippen molar-refractivity contribution in [3.8, 4) is 5.75 Å². The molecule has 0 saturated carbocycles. The monoisotopic (exact) mass is 289 g/mol. The van der Waals surface area contributed by atoms with Gasteiger partial charge >= 0.3 is 0 Å². The molecule has 0 atom stereocenters. The number of carbonyl (C=O) groups excluding carboxylic acids is 1. The number of Topliss-reactive ketones (excluding diaryl/α,β-unsaturated/α-hetero) is 1. The van der Waals surface area contributed by atoms with Gasteiger partial charge in [0, 0.05) is 18.5 Å². The summed E-state index contributed by atoms with van der Waals surface area (Å²) in [5.74, 6) is 1.05. The lowest BCUT2D eigenvalue weighted by Crippen LogP contribution is -2.25. The highest BCUT2D eigenvalue weighted by atomic mass is 16.5. The first-order chi connectivity index (χ1) is 9.94. The maximum absolute atomic E-state index is 12.1. The topological polar surface area (TPSA) is 29.5 Å². The minimum Gasteiger partial charge on any atom is -0.492 e. The molecule has 1 fully saturated rings. The van der Waals surface area contributed by atoms with E-state index in [1.807, 2.05) is 24.3 Å². The first-order valence-corrected chi connectivity index (χ1v) is 7.92. The highest BCUT2D eigenvalue weighted by Gasteiger charge is 2.17. The lowest BCUT2D eigenvalue weighted by molar-refractivity contribution is 0.0940. The molecule has 0 unspecified atom stereocenters. The number of ketones is 1. The summed E-state index contributed by atoms with van der Waals surface area (Å²) in [5, 5.41) is 0. The fourth-order valence-corrected chi connectivity index (χ4v) is 2.62. The summed E-state index contributed by atoms with van der Waals surface area (Å²) in [6.45, 7) is 10.4. The third kappa shape index (κ3) is 5.50. The van der Waals surface area contributed by atoms with E-state index < -0.39 is 0 Å². The maximum atomic E-state index is 12.1. The van der Waals surface area contributed by atoms with Gasteiger partial charge in [-0.1, -0.05) is 20.8 Å². The third-order valence-electron chi connectivity index (χ3n) is 3.74. The number of rotatable bonds is 6. The molecule has 0 aliphatic carbocycles. The third-order valence-corrected chi connectivity index (χ3v) is 3.74. The summed E-state index contributed by atoms with van der Waals surface area (Å²) in [7, 11) is 0. The summed E-state index contributed by atoms with van der Waals surface area (Å²) in [6.07, 6.45) is 3.19. The largest absolute Gasteiger partial charge is 0.492 e. The van der Waals surface area contributed by atoms with Gasteiger partial charge in [0.1, 0.15) is 12.4 Å². The van der Waals surface area contributed by atoms with E-state index in [9.17, 15) is 4.79 Å². The molecule has 0 radical (unpaired) electrons. The van der Waals surface area contributed by atoms with Gasteiger partial charge in [-0.05, 0) is 55.6 Å². The van der Waals surface area contributed by atoms with Crippen LogP contribution in [0.15, 0.2) is 24.3 Å². The molecular formula is C18H27NO2. The standard InChI is InChI=1S/C18H27NO2/c1-18(2,3)14-17(20)15-6-8-16(9-7-15)21-13-12-19-10-4-5-11-19/h6-9H,4-5,10-14H2,1-3H3. The van der Waals surface area contributed by atoms with Crippen LogP contribution in [0.25, 0.3) is 0 Å². The van der Waals surface area contributed by atoms with Crippen molar-refractivity contribution in [3.63, 3.8) is 0 Å². The van der Waals surface area contributed by atoms with Gasteiger partial charge < -0.3 is 4.74 Å². The predicted octanol–water partition coefficient (Wildman–Crippen LogP) is 3.78. The van der Waals surface area contributed by atoms with Crippen LogP contribution >= 0.6 is 0 Å². The molecule has 0 spiro atoms. The Hall–Kier alpha value is -1.35. The minimum absolute atomic E-state index is 0.0297. The Bertz CT molecular complexity index is 453.